The van der Waals surface area contributed by atoms with Gasteiger partial charge in [-0.2, -0.15) is 0 Å². The Labute approximate surface area is 540 Å². The molecule has 0 unspecified atom stereocenters. The van der Waals surface area contributed by atoms with Gasteiger partial charge in [-0.15, -0.1) is 0 Å². The van der Waals surface area contributed by atoms with Crippen LogP contribution in [0.2, 0.25) is 0 Å². The number of hydrogen-bond donors (Lipinski definition) is 0. The first-order chi connectivity index (χ1) is 44.1. The van der Waals surface area contributed by atoms with E-state index >= 15 is 0 Å². The molecule has 0 aromatic heterocycles. The van der Waals surface area contributed by atoms with Gasteiger partial charge in [-0.3, -0.25) is 0 Å². The van der Waals surface area contributed by atoms with Crippen LogP contribution < -0.4 is 9.80 Å². The van der Waals surface area contributed by atoms with Gasteiger partial charge in [0.2, 0.25) is 0 Å². The van der Waals surface area contributed by atoms with Crippen molar-refractivity contribution in [3.63, 3.8) is 0 Å². The van der Waals surface area contributed by atoms with Crippen LogP contribution in [0.1, 0.15) is 136 Å². The van der Waals surface area contributed by atoms with Crippen molar-refractivity contribution in [2.24, 2.45) is 0 Å². The molecule has 0 heterocycles. The molecule has 0 amide bonds. The number of benzene rings is 11. The van der Waals surface area contributed by atoms with Crippen molar-refractivity contribution in [1.82, 2.24) is 0 Å². The van der Waals surface area contributed by atoms with Gasteiger partial charge >= 0.3 is 0 Å². The summed E-state index contributed by atoms with van der Waals surface area (Å²) in [4.78, 5) is 4.88. The van der Waals surface area contributed by atoms with Crippen molar-refractivity contribution in [3.8, 4) is 66.8 Å². The molecule has 0 radical (unpaired) electrons. The predicted octanol–water partition coefficient (Wildman–Crippen LogP) is 26.0. The van der Waals surface area contributed by atoms with E-state index in [1.807, 2.05) is 0 Å². The standard InChI is InChI=1S/C88H92N2/c1-9-13-15-17-21-77-61-88(86-58-56-84(60-66(86)8)90(80-49-41-74(42-50-80)70-33-25-64(6)26-34-70)82-53-45-76(46-54-82)72-37-29-68(20-12-4)30-38-72)78(22-18-16-14-10-2)62-87(77)85-57-55-83(59-65(85)7)89(79-47-39-73(40-48-79)69-31-23-63(5)24-32-69)81-51-43-75(44-52-81)71-35-27-67(19-11-3)28-36-71/h23-62H,9-22H2,1-8H3. The molecule has 0 saturated heterocycles. The monoisotopic (exact) mass is 1180 g/mol. The van der Waals surface area contributed by atoms with Gasteiger partial charge in [0.25, 0.3) is 0 Å². The topological polar surface area (TPSA) is 6.48 Å². The molecular formula is C88H92N2. The van der Waals surface area contributed by atoms with Crippen molar-refractivity contribution < 1.29 is 0 Å². The quantitative estimate of drug-likeness (QED) is 0.0499. The summed E-state index contributed by atoms with van der Waals surface area (Å²) >= 11 is 0. The second-order valence-corrected chi connectivity index (χ2v) is 25.3. The molecule has 90 heavy (non-hydrogen) atoms. The van der Waals surface area contributed by atoms with E-state index in [4.69, 9.17) is 0 Å². The first-order valence-corrected chi connectivity index (χ1v) is 33.8. The lowest BCUT2D eigenvalue weighted by Gasteiger charge is -2.28. The predicted molar refractivity (Wildman–Crippen MR) is 391 cm³/mol. The zero-order chi connectivity index (χ0) is 62.3. The number of hydrogen-bond acceptors (Lipinski definition) is 2. The minimum absolute atomic E-state index is 1.04. The molecule has 0 fully saturated rings. The molecule has 2 nitrogen and oxygen atoms in total. The molecule has 0 bridgehead atoms. The van der Waals surface area contributed by atoms with Gasteiger partial charge in [-0.25, -0.2) is 0 Å². The molecule has 11 aromatic rings. The Hall–Kier alpha value is -8.98. The summed E-state index contributed by atoms with van der Waals surface area (Å²) in [6.45, 7) is 18.1. The largest absolute Gasteiger partial charge is 0.310 e. The lowest BCUT2D eigenvalue weighted by atomic mass is 9.84. The highest BCUT2D eigenvalue weighted by Crippen LogP contribution is 2.44. The van der Waals surface area contributed by atoms with Gasteiger partial charge < -0.3 is 9.80 Å². The Balaban J connectivity index is 0.976. The van der Waals surface area contributed by atoms with Crippen LogP contribution in [0.15, 0.2) is 243 Å². The molecule has 0 aliphatic carbocycles. The van der Waals surface area contributed by atoms with E-state index in [2.05, 4.69) is 308 Å². The average Bonchev–Trinajstić information content (AvgIpc) is 0.856. The van der Waals surface area contributed by atoms with Crippen molar-refractivity contribution in [2.45, 2.75) is 145 Å². The highest BCUT2D eigenvalue weighted by molar-refractivity contribution is 5.87. The fraction of sp³-hybridized carbons (Fsp3) is 0.250. The van der Waals surface area contributed by atoms with E-state index in [1.165, 1.54) is 150 Å². The van der Waals surface area contributed by atoms with Crippen LogP contribution in [0.25, 0.3) is 66.8 Å². The zero-order valence-electron chi connectivity index (χ0n) is 54.9. The molecular weight excluding hydrogens is 1080 g/mol. The van der Waals surface area contributed by atoms with E-state index < -0.39 is 0 Å². The Morgan fingerprint density at radius 3 is 0.756 bits per heavy atom. The third-order valence-corrected chi connectivity index (χ3v) is 18.4. The van der Waals surface area contributed by atoms with Crippen LogP contribution in [-0.2, 0) is 25.7 Å². The number of rotatable bonds is 26. The summed E-state index contributed by atoms with van der Waals surface area (Å²) in [7, 11) is 0. The molecule has 454 valence electrons. The summed E-state index contributed by atoms with van der Waals surface area (Å²) in [6.07, 6.45) is 16.3. The van der Waals surface area contributed by atoms with Crippen LogP contribution in [0.3, 0.4) is 0 Å². The van der Waals surface area contributed by atoms with Gasteiger partial charge in [0.1, 0.15) is 0 Å². The Morgan fingerprint density at radius 1 is 0.222 bits per heavy atom. The van der Waals surface area contributed by atoms with Crippen molar-refractivity contribution in [1.29, 1.82) is 0 Å². The summed E-state index contributed by atoms with van der Waals surface area (Å²) in [5.74, 6) is 0. The highest BCUT2D eigenvalue weighted by Gasteiger charge is 2.21. The van der Waals surface area contributed by atoms with E-state index in [0.29, 0.717) is 0 Å². The molecule has 0 spiro atoms. The maximum absolute atomic E-state index is 2.61. The van der Waals surface area contributed by atoms with E-state index in [-0.39, 0.29) is 0 Å². The smallest absolute Gasteiger partial charge is 0.0464 e. The maximum Gasteiger partial charge on any atom is 0.0464 e. The summed E-state index contributed by atoms with van der Waals surface area (Å²) < 4.78 is 0. The minimum atomic E-state index is 1.04. The fourth-order valence-electron chi connectivity index (χ4n) is 13.2. The minimum Gasteiger partial charge on any atom is -0.310 e. The van der Waals surface area contributed by atoms with Gasteiger partial charge in [0.15, 0.2) is 0 Å². The van der Waals surface area contributed by atoms with Crippen LogP contribution in [0.4, 0.5) is 34.1 Å². The SMILES string of the molecule is CCCCCCc1cc(-c2ccc(N(c3ccc(-c4ccc(C)cc4)cc3)c3ccc(-c4ccc(CCC)cc4)cc3)cc2C)c(CCCCCC)cc1-c1ccc(N(c2ccc(-c3ccc(C)cc3)cc2)c2ccc(-c3ccc(CCC)cc3)cc2)cc1C. The van der Waals surface area contributed by atoms with Crippen LogP contribution >= 0.6 is 0 Å². The van der Waals surface area contributed by atoms with Gasteiger partial charge in [0.05, 0.1) is 0 Å². The first-order valence-electron chi connectivity index (χ1n) is 33.8. The van der Waals surface area contributed by atoms with Crippen molar-refractivity contribution >= 4 is 34.1 Å². The number of aryl methyl sites for hydroxylation is 8. The third-order valence-electron chi connectivity index (χ3n) is 18.4. The first kappa shape index (κ1) is 62.6. The molecule has 0 atom stereocenters. The van der Waals surface area contributed by atoms with E-state index in [0.717, 1.165) is 85.5 Å². The summed E-state index contributed by atoms with van der Waals surface area (Å²) in [5.41, 5.74) is 32.8. The molecule has 0 aliphatic rings. The lowest BCUT2D eigenvalue weighted by Crippen LogP contribution is -2.10. The molecule has 0 saturated carbocycles. The Morgan fingerprint density at radius 2 is 0.489 bits per heavy atom. The van der Waals surface area contributed by atoms with Crippen LogP contribution in [0.5, 0.6) is 0 Å². The number of nitrogens with zero attached hydrogens (tertiary/aromatic N) is 2. The third kappa shape index (κ3) is 15.0. The van der Waals surface area contributed by atoms with E-state index in [1.54, 1.807) is 0 Å². The molecule has 11 aromatic carbocycles. The second-order valence-electron chi connectivity index (χ2n) is 25.3. The zero-order valence-corrected chi connectivity index (χ0v) is 54.9. The fourth-order valence-corrected chi connectivity index (χ4v) is 13.2. The Kier molecular flexibility index (Phi) is 20.9. The number of unbranched alkanes of at least 4 members (excludes halogenated alkanes) is 6. The molecule has 0 N–H and O–H groups in total. The van der Waals surface area contributed by atoms with Gasteiger partial charge in [-0.05, 0) is 239 Å². The van der Waals surface area contributed by atoms with Gasteiger partial charge in [0, 0.05) is 34.1 Å². The summed E-state index contributed by atoms with van der Waals surface area (Å²) in [6, 6.07) is 92.3. The summed E-state index contributed by atoms with van der Waals surface area (Å²) in [5, 5.41) is 0. The van der Waals surface area contributed by atoms with Crippen LogP contribution in [-0.4, -0.2) is 0 Å². The second kappa shape index (κ2) is 30.0. The van der Waals surface area contributed by atoms with E-state index in [9.17, 15) is 0 Å². The van der Waals surface area contributed by atoms with Crippen LogP contribution in [0, 0.1) is 27.7 Å². The Bertz CT molecular complexity index is 3810. The van der Waals surface area contributed by atoms with Crippen molar-refractivity contribution in [2.75, 3.05) is 9.80 Å². The average molecular weight is 1180 g/mol. The maximum atomic E-state index is 2.61. The molecule has 2 heteroatoms. The van der Waals surface area contributed by atoms with Crippen molar-refractivity contribution in [3.05, 3.63) is 287 Å². The number of anilines is 6. The molecule has 11 rings (SSSR count). The lowest BCUT2D eigenvalue weighted by molar-refractivity contribution is 0.664. The highest BCUT2D eigenvalue weighted by atomic mass is 15.1. The van der Waals surface area contributed by atoms with Gasteiger partial charge in [-0.1, -0.05) is 260 Å². The molecule has 0 aliphatic heterocycles. The normalized spacial score (nSPS) is 11.3.